The average Bonchev–Trinajstić information content (AvgIpc) is 2.97. The van der Waals surface area contributed by atoms with Gasteiger partial charge in [0.2, 0.25) is 5.91 Å². The smallest absolute Gasteiger partial charge is 0.408 e. The van der Waals surface area contributed by atoms with E-state index in [-0.39, 0.29) is 30.0 Å². The summed E-state index contributed by atoms with van der Waals surface area (Å²) in [4.78, 5) is 43.4. The first-order valence-corrected chi connectivity index (χ1v) is 15.5. The van der Waals surface area contributed by atoms with E-state index < -0.39 is 35.6 Å². The van der Waals surface area contributed by atoms with Crippen molar-refractivity contribution < 1.29 is 29.3 Å². The number of benzene rings is 3. The van der Waals surface area contributed by atoms with Crippen LogP contribution >= 0.6 is 0 Å². The predicted molar refractivity (Wildman–Crippen MR) is 176 cm³/mol. The molecule has 4 N–H and O–H groups in total. The van der Waals surface area contributed by atoms with E-state index in [9.17, 15) is 24.6 Å². The predicted octanol–water partition coefficient (Wildman–Crippen LogP) is 6.94. The molecule has 0 spiro atoms. The first-order valence-electron chi connectivity index (χ1n) is 15.5. The lowest BCUT2D eigenvalue weighted by molar-refractivity contribution is -0.141. The maximum Gasteiger partial charge on any atom is 0.408 e. The molecular weight excluding hydrogens is 570 g/mol. The third-order valence-electron chi connectivity index (χ3n) is 7.43. The second kappa shape index (κ2) is 16.0. The van der Waals surface area contributed by atoms with Crippen molar-refractivity contribution in [3.63, 3.8) is 0 Å². The monoisotopic (exact) mass is 617 g/mol. The highest BCUT2D eigenvalue weighted by Crippen LogP contribution is 2.34. The Kier molecular flexibility index (Phi) is 12.4. The molecule has 0 bridgehead atoms. The number of alkyl carbamates (subject to hydrolysis) is 1. The van der Waals surface area contributed by atoms with Crippen molar-refractivity contribution in [3.8, 4) is 11.5 Å². The molecule has 3 amide bonds. The second-order valence-electron chi connectivity index (χ2n) is 12.4. The number of carbonyl (C=O) groups excluding carboxylic acids is 3. The number of unbranched alkanes of at least 4 members (excludes halogenated alkanes) is 3. The van der Waals surface area contributed by atoms with Crippen molar-refractivity contribution in [2.75, 3.05) is 11.9 Å². The first kappa shape index (κ1) is 35.0. The van der Waals surface area contributed by atoms with Crippen LogP contribution in [0, 0.1) is 13.8 Å². The van der Waals surface area contributed by atoms with E-state index >= 15 is 0 Å². The van der Waals surface area contributed by atoms with Crippen LogP contribution in [0.15, 0.2) is 66.7 Å². The van der Waals surface area contributed by atoms with Crippen molar-refractivity contribution in [1.29, 1.82) is 0 Å². The van der Waals surface area contributed by atoms with E-state index in [1.807, 2.05) is 25.1 Å². The quantitative estimate of drug-likeness (QED) is 0.154. The summed E-state index contributed by atoms with van der Waals surface area (Å²) in [5, 5.41) is 26.8. The third-order valence-corrected chi connectivity index (χ3v) is 7.43. The van der Waals surface area contributed by atoms with Crippen LogP contribution in [0.1, 0.15) is 81.7 Å². The Balaban J connectivity index is 2.12. The second-order valence-corrected chi connectivity index (χ2v) is 12.4. The van der Waals surface area contributed by atoms with Gasteiger partial charge in [-0.3, -0.25) is 9.59 Å². The van der Waals surface area contributed by atoms with Crippen LogP contribution in [0.2, 0.25) is 0 Å². The number of nitrogens with zero attached hydrogens (tertiary/aromatic N) is 1. The molecule has 0 heterocycles. The molecule has 242 valence electrons. The molecule has 9 heteroatoms. The van der Waals surface area contributed by atoms with Gasteiger partial charge in [0.1, 0.15) is 29.2 Å². The molecule has 9 nitrogen and oxygen atoms in total. The van der Waals surface area contributed by atoms with Gasteiger partial charge in [-0.15, -0.1) is 0 Å². The highest BCUT2D eigenvalue weighted by atomic mass is 16.6. The summed E-state index contributed by atoms with van der Waals surface area (Å²) in [6.07, 6.45) is 2.67. The summed E-state index contributed by atoms with van der Waals surface area (Å²) in [6.45, 7) is 11.1. The Morgan fingerprint density at radius 1 is 0.867 bits per heavy atom. The standard InChI is InChI=1S/C36H47N3O6/c1-7-8-9-12-22-39(34(43)30(38-35(44)45-36(4,5)6)23-26-18-20-27(40)21-19-26)31(28-16-13-15-25(3)32(28)41)33(42)37-29-17-11-10-14-24(29)2/h10-11,13-21,30-31,40-41H,7-9,12,22-23H2,1-6H3,(H,37,42)(H,38,44). The lowest BCUT2D eigenvalue weighted by atomic mass is 9.97. The van der Waals surface area contributed by atoms with Gasteiger partial charge in [-0.2, -0.15) is 0 Å². The number of para-hydroxylation sites is 2. The van der Waals surface area contributed by atoms with Crippen LogP contribution < -0.4 is 10.6 Å². The summed E-state index contributed by atoms with van der Waals surface area (Å²) in [5.41, 5.74) is 2.16. The third kappa shape index (κ3) is 10.3. The van der Waals surface area contributed by atoms with E-state index in [0.29, 0.717) is 23.2 Å². The highest BCUT2D eigenvalue weighted by molar-refractivity contribution is 6.00. The van der Waals surface area contributed by atoms with Crippen LogP contribution in [0.4, 0.5) is 10.5 Å². The largest absolute Gasteiger partial charge is 0.508 e. The molecule has 3 rings (SSSR count). The molecule has 2 unspecified atom stereocenters. The van der Waals surface area contributed by atoms with Crippen molar-refractivity contribution in [1.82, 2.24) is 10.2 Å². The number of amides is 3. The molecule has 0 aromatic heterocycles. The molecular formula is C36H47N3O6. The topological polar surface area (TPSA) is 128 Å². The molecule has 0 aliphatic heterocycles. The molecule has 0 aliphatic rings. The van der Waals surface area contributed by atoms with E-state index in [1.165, 1.54) is 17.0 Å². The van der Waals surface area contributed by atoms with Gasteiger partial charge in [-0.1, -0.05) is 74.7 Å². The molecule has 0 aliphatic carbocycles. The van der Waals surface area contributed by atoms with E-state index in [2.05, 4.69) is 17.6 Å². The molecule has 3 aromatic carbocycles. The zero-order chi connectivity index (χ0) is 33.1. The van der Waals surface area contributed by atoms with E-state index in [4.69, 9.17) is 4.74 Å². The Morgan fingerprint density at radius 3 is 2.18 bits per heavy atom. The molecule has 45 heavy (non-hydrogen) atoms. The number of hydrogen-bond donors (Lipinski definition) is 4. The fraction of sp³-hybridized carbons (Fsp3) is 0.417. The van der Waals surface area contributed by atoms with Gasteiger partial charge in [0.15, 0.2) is 0 Å². The fourth-order valence-corrected chi connectivity index (χ4v) is 5.06. The first-order chi connectivity index (χ1) is 21.3. The van der Waals surface area contributed by atoms with Crippen LogP contribution in [0.25, 0.3) is 0 Å². The van der Waals surface area contributed by atoms with Crippen molar-refractivity contribution >= 4 is 23.6 Å². The number of phenols is 2. The summed E-state index contributed by atoms with van der Waals surface area (Å²) < 4.78 is 5.51. The number of carbonyl (C=O) groups is 3. The van der Waals surface area contributed by atoms with Gasteiger partial charge >= 0.3 is 6.09 Å². The summed E-state index contributed by atoms with van der Waals surface area (Å²) in [6, 6.07) is 16.5. The highest BCUT2D eigenvalue weighted by Gasteiger charge is 2.38. The average molecular weight is 618 g/mol. The number of aryl methyl sites for hydroxylation is 2. The zero-order valence-corrected chi connectivity index (χ0v) is 27.2. The molecule has 2 atom stereocenters. The van der Waals surface area contributed by atoms with Gasteiger partial charge < -0.3 is 30.5 Å². The Labute approximate surface area is 266 Å². The van der Waals surface area contributed by atoms with Gasteiger partial charge in [-0.05, 0) is 75.9 Å². The molecule has 0 fully saturated rings. The zero-order valence-electron chi connectivity index (χ0n) is 27.2. The van der Waals surface area contributed by atoms with Crippen LogP contribution in [0.3, 0.4) is 0 Å². The van der Waals surface area contributed by atoms with E-state index in [0.717, 1.165) is 24.8 Å². The molecule has 0 saturated heterocycles. The Hall–Kier alpha value is -4.53. The maximum absolute atomic E-state index is 14.7. The fourth-order valence-electron chi connectivity index (χ4n) is 5.06. The minimum atomic E-state index is -1.21. The molecule has 3 aromatic rings. The van der Waals surface area contributed by atoms with E-state index in [1.54, 1.807) is 64.1 Å². The number of anilines is 1. The minimum absolute atomic E-state index is 0.0714. The van der Waals surface area contributed by atoms with Crippen LogP contribution in [-0.4, -0.2) is 51.2 Å². The van der Waals surface area contributed by atoms with Crippen molar-refractivity contribution in [2.24, 2.45) is 0 Å². The van der Waals surface area contributed by atoms with Crippen LogP contribution in [-0.2, 0) is 20.7 Å². The Morgan fingerprint density at radius 2 is 1.53 bits per heavy atom. The SMILES string of the molecule is CCCCCCN(C(=O)C(Cc1ccc(O)cc1)NC(=O)OC(C)(C)C)C(C(=O)Nc1ccccc1C)c1cccc(C)c1O. The summed E-state index contributed by atoms with van der Waals surface area (Å²) >= 11 is 0. The number of aromatic hydroxyl groups is 2. The lowest BCUT2D eigenvalue weighted by Gasteiger charge is -2.35. The van der Waals surface area contributed by atoms with Gasteiger partial charge in [0, 0.05) is 24.2 Å². The van der Waals surface area contributed by atoms with Crippen molar-refractivity contribution in [2.45, 2.75) is 91.3 Å². The van der Waals surface area contributed by atoms with Gasteiger partial charge in [-0.25, -0.2) is 4.79 Å². The van der Waals surface area contributed by atoms with Gasteiger partial charge in [0.05, 0.1) is 0 Å². The Bertz CT molecular complexity index is 1450. The maximum atomic E-state index is 14.7. The lowest BCUT2D eigenvalue weighted by Crippen LogP contribution is -2.53. The van der Waals surface area contributed by atoms with Gasteiger partial charge in [0.25, 0.3) is 5.91 Å². The number of hydrogen-bond acceptors (Lipinski definition) is 6. The number of rotatable bonds is 13. The summed E-state index contributed by atoms with van der Waals surface area (Å²) in [5.74, 6) is -1.00. The normalized spacial score (nSPS) is 12.6. The number of ether oxygens (including phenoxy) is 1. The summed E-state index contributed by atoms with van der Waals surface area (Å²) in [7, 11) is 0. The van der Waals surface area contributed by atoms with Crippen molar-refractivity contribution in [3.05, 3.63) is 89.0 Å². The number of phenolic OH excluding ortho intramolecular Hbond substituents is 2. The molecule has 0 radical (unpaired) electrons. The molecule has 0 saturated carbocycles. The van der Waals surface area contributed by atoms with Crippen LogP contribution in [0.5, 0.6) is 11.5 Å². The minimum Gasteiger partial charge on any atom is -0.508 e. The number of nitrogens with one attached hydrogen (secondary N) is 2.